The number of imide groups is 1. The van der Waals surface area contributed by atoms with Crippen LogP contribution in [0.3, 0.4) is 0 Å². The van der Waals surface area contributed by atoms with Crippen molar-refractivity contribution < 1.29 is 14.4 Å². The number of aldehydes is 1. The molecule has 2 aliphatic carbocycles. The molecule has 4 rings (SSSR count). The maximum absolute atomic E-state index is 12.3. The molecule has 3 unspecified atom stereocenters. The smallest absolute Gasteiger partial charge is 0.243 e. The van der Waals surface area contributed by atoms with Gasteiger partial charge in [-0.2, -0.15) is 0 Å². The normalized spacial score (nSPS) is 28.9. The lowest BCUT2D eigenvalue weighted by molar-refractivity contribution is -0.137. The molecule has 6 nitrogen and oxygen atoms in total. The van der Waals surface area contributed by atoms with Crippen LogP contribution in [0, 0.1) is 29.6 Å². The van der Waals surface area contributed by atoms with Gasteiger partial charge in [0.2, 0.25) is 11.8 Å². The quantitative estimate of drug-likeness (QED) is 0.200. The molecule has 206 valence electrons. The van der Waals surface area contributed by atoms with Gasteiger partial charge in [0.1, 0.15) is 6.29 Å². The van der Waals surface area contributed by atoms with E-state index < -0.39 is 0 Å². The van der Waals surface area contributed by atoms with Gasteiger partial charge in [-0.05, 0) is 101 Å². The average molecular weight is 520 g/mol. The first-order chi connectivity index (χ1) is 18.3. The van der Waals surface area contributed by atoms with Gasteiger partial charge in [0.05, 0.1) is 6.04 Å². The molecular weight excluding hydrogens is 474 g/mol. The van der Waals surface area contributed by atoms with Crippen LogP contribution in [0.4, 0.5) is 0 Å². The van der Waals surface area contributed by atoms with Crippen LogP contribution in [0.25, 0.3) is 0 Å². The van der Waals surface area contributed by atoms with Crippen molar-refractivity contribution in [3.63, 3.8) is 0 Å². The summed E-state index contributed by atoms with van der Waals surface area (Å²) in [6.07, 6.45) is 12.8. The van der Waals surface area contributed by atoms with Crippen molar-refractivity contribution in [2.24, 2.45) is 17.8 Å². The number of rotatable bonds is 10. The van der Waals surface area contributed by atoms with Crippen LogP contribution in [0.2, 0.25) is 0 Å². The summed E-state index contributed by atoms with van der Waals surface area (Å²) >= 11 is 0. The van der Waals surface area contributed by atoms with Gasteiger partial charge >= 0.3 is 0 Å². The summed E-state index contributed by atoms with van der Waals surface area (Å²) in [6.45, 7) is 6.38. The number of unbranched alkanes of at least 4 members (excludes halogenated alkanes) is 3. The van der Waals surface area contributed by atoms with E-state index in [1.165, 1.54) is 38.5 Å². The van der Waals surface area contributed by atoms with Gasteiger partial charge in [-0.1, -0.05) is 37.3 Å². The van der Waals surface area contributed by atoms with Crippen molar-refractivity contribution in [3.05, 3.63) is 34.9 Å². The van der Waals surface area contributed by atoms with E-state index in [4.69, 9.17) is 0 Å². The minimum absolute atomic E-state index is 0.226. The molecule has 0 radical (unpaired) electrons. The third-order valence-electron chi connectivity index (χ3n) is 8.86. The number of piperidine rings is 1. The molecule has 3 atom stereocenters. The van der Waals surface area contributed by atoms with Gasteiger partial charge in [-0.25, -0.2) is 0 Å². The first kappa shape index (κ1) is 28.5. The summed E-state index contributed by atoms with van der Waals surface area (Å²) in [5.74, 6) is 8.83. The molecule has 1 heterocycles. The zero-order chi connectivity index (χ0) is 27.1. The van der Waals surface area contributed by atoms with E-state index in [1.807, 2.05) is 24.1 Å². The van der Waals surface area contributed by atoms with E-state index in [-0.39, 0.29) is 17.9 Å². The molecule has 1 aromatic carbocycles. The van der Waals surface area contributed by atoms with Crippen LogP contribution in [-0.2, 0) is 16.1 Å². The second-order valence-electron chi connectivity index (χ2n) is 12.4. The number of likely N-dealkylation sites (N-methyl/N-ethyl adjacent to an activating group) is 1. The second-order valence-corrected chi connectivity index (χ2v) is 12.4. The summed E-state index contributed by atoms with van der Waals surface area (Å²) in [6, 6.07) is 5.20. The fraction of sp³-hybridized carbons (Fsp3) is 0.656. The van der Waals surface area contributed by atoms with Crippen molar-refractivity contribution in [1.29, 1.82) is 0 Å². The molecule has 2 N–H and O–H groups in total. The Balaban J connectivity index is 1.23. The Hall–Kier alpha value is -2.49. The van der Waals surface area contributed by atoms with E-state index >= 15 is 0 Å². The summed E-state index contributed by atoms with van der Waals surface area (Å²) in [5, 5.41) is 6.32. The van der Waals surface area contributed by atoms with E-state index in [0.29, 0.717) is 30.5 Å². The van der Waals surface area contributed by atoms with Gasteiger partial charge in [0, 0.05) is 36.1 Å². The fourth-order valence-corrected chi connectivity index (χ4v) is 7.27. The van der Waals surface area contributed by atoms with Gasteiger partial charge in [0.25, 0.3) is 0 Å². The van der Waals surface area contributed by atoms with Crippen LogP contribution in [0.1, 0.15) is 106 Å². The van der Waals surface area contributed by atoms with Gasteiger partial charge in [-0.3, -0.25) is 24.6 Å². The number of amides is 2. The number of carbonyl (C=O) groups is 3. The summed E-state index contributed by atoms with van der Waals surface area (Å²) in [5.41, 5.74) is 2.58. The molecule has 2 bridgehead atoms. The van der Waals surface area contributed by atoms with Crippen molar-refractivity contribution in [3.8, 4) is 11.8 Å². The van der Waals surface area contributed by atoms with Crippen LogP contribution in [-0.4, -0.2) is 48.2 Å². The maximum atomic E-state index is 12.3. The highest BCUT2D eigenvalue weighted by Gasteiger charge is 2.40. The molecule has 38 heavy (non-hydrogen) atoms. The molecule has 0 spiro atoms. The maximum Gasteiger partial charge on any atom is 0.243 e. The number of carbonyl (C=O) groups excluding carboxylic acids is 3. The number of fused-ring (bicyclic) bond motifs is 2. The fourth-order valence-electron chi connectivity index (χ4n) is 7.27. The third-order valence-corrected chi connectivity index (χ3v) is 8.86. The van der Waals surface area contributed by atoms with Gasteiger partial charge < -0.3 is 5.32 Å². The topological polar surface area (TPSA) is 78.5 Å². The molecule has 3 aliphatic rings. The SMILES string of the molecule is CC1CC2CC(C1)CC(C)(NCCCCCC#Cc1cccc(C=O)c1CN(C)C1CCC(=O)NC1=O)C2. The Labute approximate surface area is 228 Å². The van der Waals surface area contributed by atoms with Crippen molar-refractivity contribution in [2.75, 3.05) is 13.6 Å². The lowest BCUT2D eigenvalue weighted by Gasteiger charge is -2.47. The zero-order valence-electron chi connectivity index (χ0n) is 23.5. The molecule has 1 saturated heterocycles. The molecule has 0 aromatic heterocycles. The van der Waals surface area contributed by atoms with Crippen LogP contribution < -0.4 is 10.6 Å². The number of hydrogen-bond acceptors (Lipinski definition) is 5. The Bertz CT molecular complexity index is 1050. The number of benzene rings is 1. The van der Waals surface area contributed by atoms with E-state index in [1.54, 1.807) is 6.07 Å². The molecule has 1 aliphatic heterocycles. The van der Waals surface area contributed by atoms with Gasteiger partial charge in [-0.15, -0.1) is 0 Å². The molecular formula is C32H45N3O3. The third kappa shape index (κ3) is 7.55. The van der Waals surface area contributed by atoms with Crippen LogP contribution in [0.5, 0.6) is 0 Å². The van der Waals surface area contributed by atoms with Crippen LogP contribution in [0.15, 0.2) is 18.2 Å². The predicted octanol–water partition coefficient (Wildman–Crippen LogP) is 4.84. The Morgan fingerprint density at radius 3 is 2.61 bits per heavy atom. The van der Waals surface area contributed by atoms with E-state index in [0.717, 1.165) is 61.0 Å². The summed E-state index contributed by atoms with van der Waals surface area (Å²) in [4.78, 5) is 37.4. The highest BCUT2D eigenvalue weighted by molar-refractivity contribution is 6.00. The highest BCUT2D eigenvalue weighted by atomic mass is 16.2. The lowest BCUT2D eigenvalue weighted by atomic mass is 9.62. The minimum atomic E-state index is -0.388. The zero-order valence-corrected chi connectivity index (χ0v) is 23.5. The predicted molar refractivity (Wildman–Crippen MR) is 150 cm³/mol. The average Bonchev–Trinajstić information content (AvgIpc) is 2.85. The standard InChI is InChI=1S/C32H45N3O3/c1-23-16-24-18-25(17-23)20-32(2,19-24)33-15-8-6-4-5-7-10-26-11-9-12-27(22-36)28(26)21-35(3)29-13-14-30(37)34-31(29)38/h9,11-12,22-25,29,33H,4-6,8,13-21H2,1-3H3,(H,34,37,38). The monoisotopic (exact) mass is 519 g/mol. The summed E-state index contributed by atoms with van der Waals surface area (Å²) < 4.78 is 0. The van der Waals surface area contributed by atoms with Crippen molar-refractivity contribution >= 4 is 18.1 Å². The first-order valence-electron chi connectivity index (χ1n) is 14.6. The Morgan fingerprint density at radius 1 is 1.13 bits per heavy atom. The Morgan fingerprint density at radius 2 is 1.89 bits per heavy atom. The second kappa shape index (κ2) is 13.0. The first-order valence-corrected chi connectivity index (χ1v) is 14.6. The molecule has 2 saturated carbocycles. The minimum Gasteiger partial charge on any atom is -0.311 e. The summed E-state index contributed by atoms with van der Waals surface area (Å²) in [7, 11) is 1.85. The molecule has 3 fully saturated rings. The Kier molecular flexibility index (Phi) is 9.79. The molecule has 1 aromatic rings. The van der Waals surface area contributed by atoms with E-state index in [2.05, 4.69) is 36.3 Å². The highest BCUT2D eigenvalue weighted by Crippen LogP contribution is 2.46. The van der Waals surface area contributed by atoms with Gasteiger partial charge in [0.15, 0.2) is 0 Å². The number of hydrogen-bond donors (Lipinski definition) is 2. The van der Waals surface area contributed by atoms with Crippen molar-refractivity contribution in [1.82, 2.24) is 15.5 Å². The largest absolute Gasteiger partial charge is 0.311 e. The lowest BCUT2D eigenvalue weighted by Crippen LogP contribution is -2.51. The van der Waals surface area contributed by atoms with Crippen molar-refractivity contribution in [2.45, 2.75) is 103 Å². The van der Waals surface area contributed by atoms with E-state index in [9.17, 15) is 14.4 Å². The number of nitrogens with zero attached hydrogens (tertiary/aromatic N) is 1. The molecule has 2 amide bonds. The molecule has 6 heteroatoms. The number of nitrogens with one attached hydrogen (secondary N) is 2. The van der Waals surface area contributed by atoms with Crippen LogP contribution >= 0.6 is 0 Å².